The van der Waals surface area contributed by atoms with Crippen LogP contribution in [0.1, 0.15) is 5.56 Å². The average molecular weight is 285 g/mol. The predicted molar refractivity (Wildman–Crippen MR) is 77.7 cm³/mol. The zero-order chi connectivity index (χ0) is 14.8. The molecule has 0 fully saturated rings. The van der Waals surface area contributed by atoms with Crippen molar-refractivity contribution in [1.29, 1.82) is 0 Å². The Balaban J connectivity index is 1.75. The minimum Gasteiger partial charge on any atom is -0.326 e. The van der Waals surface area contributed by atoms with Crippen LogP contribution in [-0.4, -0.2) is 15.9 Å². The van der Waals surface area contributed by atoms with Gasteiger partial charge in [-0.05, 0) is 35.9 Å². The smallest absolute Gasteiger partial charge is 0.323 e. The fourth-order valence-corrected chi connectivity index (χ4v) is 2.15. The normalized spacial score (nSPS) is 10.7. The van der Waals surface area contributed by atoms with Gasteiger partial charge in [-0.25, -0.2) is 9.18 Å². The van der Waals surface area contributed by atoms with Crippen molar-refractivity contribution in [2.24, 2.45) is 0 Å². The van der Waals surface area contributed by atoms with E-state index in [1.54, 1.807) is 30.3 Å². The molecule has 0 saturated carbocycles. The lowest BCUT2D eigenvalue weighted by atomic mass is 10.1. The van der Waals surface area contributed by atoms with Gasteiger partial charge in [-0.2, -0.15) is 0 Å². The molecule has 3 aromatic rings. The number of halogens is 1. The lowest BCUT2D eigenvalue weighted by molar-refractivity contribution is -0.115. The summed E-state index contributed by atoms with van der Waals surface area (Å²) in [5, 5.41) is 2.71. The number of amides is 1. The Bertz CT molecular complexity index is 866. The Labute approximate surface area is 118 Å². The molecule has 1 heterocycles. The molecule has 2 aromatic carbocycles. The van der Waals surface area contributed by atoms with Crippen LogP contribution in [0.25, 0.3) is 11.0 Å². The largest absolute Gasteiger partial charge is 0.326 e. The second-order valence-electron chi connectivity index (χ2n) is 4.69. The van der Waals surface area contributed by atoms with Crippen molar-refractivity contribution in [2.75, 3.05) is 5.32 Å². The molecule has 1 amide bonds. The molecule has 3 N–H and O–H groups in total. The summed E-state index contributed by atoms with van der Waals surface area (Å²) in [7, 11) is 0. The molecule has 1 aromatic heterocycles. The van der Waals surface area contributed by atoms with E-state index in [-0.39, 0.29) is 23.8 Å². The van der Waals surface area contributed by atoms with E-state index >= 15 is 0 Å². The molecule has 0 spiro atoms. The van der Waals surface area contributed by atoms with Gasteiger partial charge in [0.2, 0.25) is 5.91 Å². The number of carbonyl (C=O) groups is 1. The fraction of sp³-hybridized carbons (Fsp3) is 0.0667. The first-order valence-electron chi connectivity index (χ1n) is 6.36. The number of fused-ring (bicyclic) bond motifs is 1. The number of hydrogen-bond acceptors (Lipinski definition) is 2. The Morgan fingerprint density at radius 3 is 2.71 bits per heavy atom. The molecule has 0 saturated heterocycles. The maximum absolute atomic E-state index is 13.1. The highest BCUT2D eigenvalue weighted by Gasteiger charge is 2.06. The number of hydrogen-bond donors (Lipinski definition) is 3. The molecule has 0 radical (unpaired) electrons. The Morgan fingerprint density at radius 2 is 1.90 bits per heavy atom. The second-order valence-corrected chi connectivity index (χ2v) is 4.69. The Hall–Kier alpha value is -2.89. The summed E-state index contributed by atoms with van der Waals surface area (Å²) in [5.74, 6) is -0.621. The van der Waals surface area contributed by atoms with Crippen molar-refractivity contribution in [3.8, 4) is 0 Å². The molecule has 0 atom stereocenters. The van der Waals surface area contributed by atoms with Crippen LogP contribution in [0.2, 0.25) is 0 Å². The summed E-state index contributed by atoms with van der Waals surface area (Å²) in [5.41, 5.74) is 2.16. The van der Waals surface area contributed by atoms with E-state index in [1.165, 1.54) is 12.1 Å². The van der Waals surface area contributed by atoms with Gasteiger partial charge in [0.05, 0.1) is 17.5 Å². The van der Waals surface area contributed by atoms with Crippen LogP contribution < -0.4 is 11.0 Å². The number of benzene rings is 2. The summed E-state index contributed by atoms with van der Waals surface area (Å²) < 4.78 is 13.1. The number of aromatic nitrogens is 2. The summed E-state index contributed by atoms with van der Waals surface area (Å²) >= 11 is 0. The van der Waals surface area contributed by atoms with E-state index in [9.17, 15) is 14.0 Å². The summed E-state index contributed by atoms with van der Waals surface area (Å²) in [6.45, 7) is 0. The summed E-state index contributed by atoms with van der Waals surface area (Å²) in [4.78, 5) is 28.3. The van der Waals surface area contributed by atoms with Crippen LogP contribution in [0.3, 0.4) is 0 Å². The number of imidazole rings is 1. The molecular weight excluding hydrogens is 273 g/mol. The van der Waals surface area contributed by atoms with Crippen LogP contribution in [0.4, 0.5) is 10.1 Å². The number of H-pyrrole nitrogens is 2. The first-order valence-corrected chi connectivity index (χ1v) is 6.36. The van der Waals surface area contributed by atoms with Crippen LogP contribution in [-0.2, 0) is 11.2 Å². The molecule has 6 heteroatoms. The van der Waals surface area contributed by atoms with Gasteiger partial charge < -0.3 is 15.3 Å². The number of anilines is 1. The lowest BCUT2D eigenvalue weighted by Gasteiger charge is -2.05. The molecule has 3 rings (SSSR count). The minimum absolute atomic E-state index is 0.0828. The van der Waals surface area contributed by atoms with Crippen molar-refractivity contribution in [3.63, 3.8) is 0 Å². The zero-order valence-corrected chi connectivity index (χ0v) is 10.9. The van der Waals surface area contributed by atoms with Gasteiger partial charge in [0.1, 0.15) is 5.82 Å². The molecule has 0 unspecified atom stereocenters. The van der Waals surface area contributed by atoms with Crippen LogP contribution in [0, 0.1) is 5.82 Å². The first kappa shape index (κ1) is 13.1. The number of nitrogens with one attached hydrogen (secondary N) is 3. The van der Waals surface area contributed by atoms with E-state index in [2.05, 4.69) is 15.3 Å². The molecule has 0 aliphatic heterocycles. The molecule has 21 heavy (non-hydrogen) atoms. The quantitative estimate of drug-likeness (QED) is 0.689. The predicted octanol–water partition coefficient (Wildman–Crippen LogP) is 2.18. The third kappa shape index (κ3) is 3.00. The number of carbonyl (C=O) groups excluding carboxylic acids is 1. The maximum atomic E-state index is 13.1. The van der Waals surface area contributed by atoms with Gasteiger partial charge in [-0.3, -0.25) is 4.79 Å². The Kier molecular flexibility index (Phi) is 3.27. The van der Waals surface area contributed by atoms with E-state index < -0.39 is 0 Å². The number of aromatic amines is 2. The highest BCUT2D eigenvalue weighted by Crippen LogP contribution is 2.15. The second kappa shape index (κ2) is 5.24. The average Bonchev–Trinajstić information content (AvgIpc) is 2.78. The van der Waals surface area contributed by atoms with Crippen molar-refractivity contribution in [2.45, 2.75) is 6.42 Å². The van der Waals surface area contributed by atoms with Crippen LogP contribution >= 0.6 is 0 Å². The number of rotatable bonds is 3. The summed E-state index contributed by atoms with van der Waals surface area (Å²) in [6, 6.07) is 11.0. The molecule has 0 aliphatic carbocycles. The van der Waals surface area contributed by atoms with Gasteiger partial charge >= 0.3 is 5.69 Å². The molecule has 0 bridgehead atoms. The van der Waals surface area contributed by atoms with E-state index in [1.807, 2.05) is 0 Å². The third-order valence-electron chi connectivity index (χ3n) is 3.05. The highest BCUT2D eigenvalue weighted by molar-refractivity contribution is 5.94. The third-order valence-corrected chi connectivity index (χ3v) is 3.05. The Morgan fingerprint density at radius 1 is 1.10 bits per heavy atom. The first-order chi connectivity index (χ1) is 10.1. The van der Waals surface area contributed by atoms with Gasteiger partial charge in [-0.15, -0.1) is 0 Å². The monoisotopic (exact) mass is 285 g/mol. The molecule has 0 aliphatic rings. The van der Waals surface area contributed by atoms with E-state index in [0.29, 0.717) is 22.3 Å². The van der Waals surface area contributed by atoms with Crippen LogP contribution in [0.5, 0.6) is 0 Å². The molecular formula is C15H12FN3O2. The van der Waals surface area contributed by atoms with Gasteiger partial charge in [0, 0.05) is 5.69 Å². The van der Waals surface area contributed by atoms with Crippen molar-refractivity contribution in [1.82, 2.24) is 9.97 Å². The van der Waals surface area contributed by atoms with Crippen molar-refractivity contribution < 1.29 is 9.18 Å². The summed E-state index contributed by atoms with van der Waals surface area (Å²) in [6.07, 6.45) is 0.0828. The lowest BCUT2D eigenvalue weighted by Crippen LogP contribution is -2.14. The van der Waals surface area contributed by atoms with Crippen molar-refractivity contribution in [3.05, 3.63) is 64.3 Å². The standard InChI is InChI=1S/C15H12FN3O2/c16-10-3-1-2-9(6-10)7-14(20)17-11-4-5-12-13(8-11)19-15(21)18-12/h1-6,8H,7H2,(H,17,20)(H2,18,19,21). The van der Waals surface area contributed by atoms with Gasteiger partial charge in [0.25, 0.3) is 0 Å². The molecule has 106 valence electrons. The van der Waals surface area contributed by atoms with Crippen LogP contribution in [0.15, 0.2) is 47.3 Å². The fourth-order valence-electron chi connectivity index (χ4n) is 2.15. The van der Waals surface area contributed by atoms with Crippen molar-refractivity contribution >= 4 is 22.6 Å². The maximum Gasteiger partial charge on any atom is 0.323 e. The van der Waals surface area contributed by atoms with E-state index in [0.717, 1.165) is 0 Å². The van der Waals surface area contributed by atoms with Gasteiger partial charge in [-0.1, -0.05) is 12.1 Å². The molecule has 5 nitrogen and oxygen atoms in total. The highest BCUT2D eigenvalue weighted by atomic mass is 19.1. The van der Waals surface area contributed by atoms with E-state index in [4.69, 9.17) is 0 Å². The topological polar surface area (TPSA) is 77.8 Å². The minimum atomic E-state index is -0.369. The SMILES string of the molecule is O=C(Cc1cccc(F)c1)Nc1ccc2[nH]c(=O)[nH]c2c1. The zero-order valence-electron chi connectivity index (χ0n) is 10.9. The van der Waals surface area contributed by atoms with Gasteiger partial charge in [0.15, 0.2) is 0 Å².